The van der Waals surface area contributed by atoms with E-state index in [2.05, 4.69) is 31.0 Å². The minimum absolute atomic E-state index is 0.205. The van der Waals surface area contributed by atoms with E-state index in [0.29, 0.717) is 17.5 Å². The summed E-state index contributed by atoms with van der Waals surface area (Å²) in [5.41, 5.74) is 0.736. The molecule has 1 rings (SSSR count). The second kappa shape index (κ2) is 9.32. The molecule has 20 heavy (non-hydrogen) atoms. The second-order valence-electron chi connectivity index (χ2n) is 5.01. The van der Waals surface area contributed by atoms with Gasteiger partial charge >= 0.3 is 0 Å². The third-order valence-electron chi connectivity index (χ3n) is 3.66. The van der Waals surface area contributed by atoms with Crippen LogP contribution in [0.3, 0.4) is 0 Å². The van der Waals surface area contributed by atoms with Crippen LogP contribution >= 0.6 is 11.6 Å². The molecule has 0 aromatic heterocycles. The van der Waals surface area contributed by atoms with Gasteiger partial charge < -0.3 is 10.2 Å². The Kier molecular flexibility index (Phi) is 8.12. The zero-order chi connectivity index (χ0) is 15.0. The van der Waals surface area contributed by atoms with E-state index in [-0.39, 0.29) is 5.82 Å². The molecule has 0 saturated carbocycles. The van der Waals surface area contributed by atoms with Gasteiger partial charge in [0.05, 0.1) is 0 Å². The molecule has 114 valence electrons. The number of nitrogens with zero attached hydrogens (tertiary/aromatic N) is 1. The number of hydrogen-bond acceptors (Lipinski definition) is 2. The van der Waals surface area contributed by atoms with E-state index < -0.39 is 0 Å². The van der Waals surface area contributed by atoms with Crippen LogP contribution < -0.4 is 5.32 Å². The Morgan fingerprint density at radius 3 is 2.50 bits per heavy atom. The molecule has 0 radical (unpaired) electrons. The minimum Gasteiger partial charge on any atom is -0.314 e. The lowest BCUT2D eigenvalue weighted by atomic mass is 10.0. The van der Waals surface area contributed by atoms with Crippen LogP contribution in [0.4, 0.5) is 4.39 Å². The van der Waals surface area contributed by atoms with Crippen molar-refractivity contribution in [1.82, 2.24) is 10.2 Å². The van der Waals surface area contributed by atoms with Gasteiger partial charge in [-0.15, -0.1) is 0 Å². The van der Waals surface area contributed by atoms with Crippen molar-refractivity contribution < 1.29 is 4.39 Å². The van der Waals surface area contributed by atoms with Gasteiger partial charge in [0.15, 0.2) is 0 Å². The summed E-state index contributed by atoms with van der Waals surface area (Å²) < 4.78 is 13.9. The van der Waals surface area contributed by atoms with Crippen molar-refractivity contribution in [3.63, 3.8) is 0 Å². The van der Waals surface area contributed by atoms with E-state index in [1.54, 1.807) is 12.1 Å². The fraction of sp³-hybridized carbons (Fsp3) is 0.625. The van der Waals surface area contributed by atoms with Crippen molar-refractivity contribution in [1.29, 1.82) is 0 Å². The highest BCUT2D eigenvalue weighted by atomic mass is 35.5. The summed E-state index contributed by atoms with van der Waals surface area (Å²) in [6.07, 6.45) is 1.73. The highest BCUT2D eigenvalue weighted by molar-refractivity contribution is 6.30. The predicted octanol–water partition coefficient (Wildman–Crippen LogP) is 3.73. The van der Waals surface area contributed by atoms with Gasteiger partial charge in [0, 0.05) is 11.1 Å². The number of likely N-dealkylation sites (N-methyl/N-ethyl adjacent to an activating group) is 1. The van der Waals surface area contributed by atoms with Gasteiger partial charge in [-0.05, 0) is 56.7 Å². The van der Waals surface area contributed by atoms with Crippen LogP contribution in [0.15, 0.2) is 18.2 Å². The largest absolute Gasteiger partial charge is 0.314 e. The lowest BCUT2D eigenvalue weighted by molar-refractivity contribution is 0.280. The molecule has 1 unspecified atom stereocenters. The van der Waals surface area contributed by atoms with Crippen molar-refractivity contribution in [3.05, 3.63) is 34.6 Å². The SMILES string of the molecule is CCNC(CCN(CC)CC)Cc1ccc(Cl)cc1F. The normalized spacial score (nSPS) is 12.9. The molecule has 0 amide bonds. The molecule has 1 N–H and O–H groups in total. The van der Waals surface area contributed by atoms with Gasteiger partial charge in [-0.25, -0.2) is 4.39 Å². The first-order chi connectivity index (χ1) is 9.60. The zero-order valence-electron chi connectivity index (χ0n) is 12.8. The number of hydrogen-bond donors (Lipinski definition) is 1. The Hall–Kier alpha value is -0.640. The van der Waals surface area contributed by atoms with Gasteiger partial charge in [0.25, 0.3) is 0 Å². The molecule has 1 aromatic carbocycles. The maximum absolute atomic E-state index is 13.9. The third kappa shape index (κ3) is 5.78. The lowest BCUT2D eigenvalue weighted by Crippen LogP contribution is -2.36. The Morgan fingerprint density at radius 1 is 1.25 bits per heavy atom. The predicted molar refractivity (Wildman–Crippen MR) is 85.0 cm³/mol. The van der Waals surface area contributed by atoms with Gasteiger partial charge in [0.2, 0.25) is 0 Å². The number of rotatable bonds is 9. The Morgan fingerprint density at radius 2 is 1.95 bits per heavy atom. The molecule has 0 aliphatic heterocycles. The summed E-state index contributed by atoms with van der Waals surface area (Å²) in [7, 11) is 0. The van der Waals surface area contributed by atoms with Gasteiger partial charge in [0.1, 0.15) is 5.82 Å². The zero-order valence-corrected chi connectivity index (χ0v) is 13.5. The first-order valence-electron chi connectivity index (χ1n) is 7.50. The summed E-state index contributed by atoms with van der Waals surface area (Å²) >= 11 is 5.79. The molecule has 0 bridgehead atoms. The van der Waals surface area contributed by atoms with Crippen molar-refractivity contribution in [3.8, 4) is 0 Å². The van der Waals surface area contributed by atoms with Crippen LogP contribution in [0.25, 0.3) is 0 Å². The van der Waals surface area contributed by atoms with E-state index in [0.717, 1.165) is 38.2 Å². The highest BCUT2D eigenvalue weighted by Gasteiger charge is 2.13. The van der Waals surface area contributed by atoms with Crippen LogP contribution in [-0.4, -0.2) is 37.1 Å². The van der Waals surface area contributed by atoms with Crippen molar-refractivity contribution in [2.24, 2.45) is 0 Å². The molecule has 0 fully saturated rings. The van der Waals surface area contributed by atoms with E-state index >= 15 is 0 Å². The Bertz CT molecular complexity index is 394. The summed E-state index contributed by atoms with van der Waals surface area (Å²) in [4.78, 5) is 2.39. The van der Waals surface area contributed by atoms with Crippen LogP contribution in [-0.2, 0) is 6.42 Å². The third-order valence-corrected chi connectivity index (χ3v) is 3.90. The van der Waals surface area contributed by atoms with E-state index in [9.17, 15) is 4.39 Å². The molecule has 0 spiro atoms. The highest BCUT2D eigenvalue weighted by Crippen LogP contribution is 2.17. The van der Waals surface area contributed by atoms with E-state index in [1.807, 2.05) is 0 Å². The Balaban J connectivity index is 2.61. The van der Waals surface area contributed by atoms with Gasteiger partial charge in [-0.3, -0.25) is 0 Å². The topological polar surface area (TPSA) is 15.3 Å². The number of halogens is 2. The molecule has 0 saturated heterocycles. The van der Waals surface area contributed by atoms with Gasteiger partial charge in [-0.2, -0.15) is 0 Å². The Labute approximate surface area is 127 Å². The number of benzene rings is 1. The summed E-state index contributed by atoms with van der Waals surface area (Å²) in [5, 5.41) is 3.90. The fourth-order valence-corrected chi connectivity index (χ4v) is 2.55. The molecule has 4 heteroatoms. The summed E-state index contributed by atoms with van der Waals surface area (Å²) in [5.74, 6) is -0.205. The summed E-state index contributed by atoms with van der Waals surface area (Å²) in [6.45, 7) is 10.5. The minimum atomic E-state index is -0.205. The van der Waals surface area contributed by atoms with Crippen molar-refractivity contribution >= 4 is 11.6 Å². The first kappa shape index (κ1) is 17.4. The average Bonchev–Trinajstić information content (AvgIpc) is 2.43. The second-order valence-corrected chi connectivity index (χ2v) is 5.45. The quantitative estimate of drug-likeness (QED) is 0.747. The van der Waals surface area contributed by atoms with E-state index in [4.69, 9.17) is 11.6 Å². The molecule has 0 heterocycles. The average molecular weight is 301 g/mol. The van der Waals surface area contributed by atoms with Crippen LogP contribution in [0, 0.1) is 5.82 Å². The maximum atomic E-state index is 13.9. The molecular formula is C16H26ClFN2. The molecule has 0 aliphatic carbocycles. The van der Waals surface area contributed by atoms with E-state index in [1.165, 1.54) is 6.07 Å². The molecule has 1 aromatic rings. The van der Waals surface area contributed by atoms with Crippen LogP contribution in [0.5, 0.6) is 0 Å². The number of nitrogens with one attached hydrogen (secondary N) is 1. The molecule has 2 nitrogen and oxygen atoms in total. The standard InChI is InChI=1S/C16H26ClFN2/c1-4-19-15(9-10-20(5-2)6-3)11-13-7-8-14(17)12-16(13)18/h7-8,12,15,19H,4-6,9-11H2,1-3H3. The van der Waals surface area contributed by atoms with Crippen LogP contribution in [0.1, 0.15) is 32.8 Å². The van der Waals surface area contributed by atoms with Crippen LogP contribution in [0.2, 0.25) is 5.02 Å². The van der Waals surface area contributed by atoms with Crippen molar-refractivity contribution in [2.75, 3.05) is 26.2 Å². The molecule has 0 aliphatic rings. The lowest BCUT2D eigenvalue weighted by Gasteiger charge is -2.23. The molecular weight excluding hydrogens is 275 g/mol. The smallest absolute Gasteiger partial charge is 0.127 e. The van der Waals surface area contributed by atoms with Gasteiger partial charge in [-0.1, -0.05) is 38.4 Å². The van der Waals surface area contributed by atoms with Crippen molar-refractivity contribution in [2.45, 2.75) is 39.7 Å². The summed E-state index contributed by atoms with van der Waals surface area (Å²) in [6, 6.07) is 5.24. The fourth-order valence-electron chi connectivity index (χ4n) is 2.40. The first-order valence-corrected chi connectivity index (χ1v) is 7.88. The maximum Gasteiger partial charge on any atom is 0.127 e. The molecule has 1 atom stereocenters. The monoisotopic (exact) mass is 300 g/mol.